The summed E-state index contributed by atoms with van der Waals surface area (Å²) in [6.45, 7) is 9.28. The molecule has 25 heavy (non-hydrogen) atoms. The van der Waals surface area contributed by atoms with Gasteiger partial charge in [-0.05, 0) is 67.2 Å². The fraction of sp³-hybridized carbons (Fsp3) is 0.640. The fourth-order valence-electron chi connectivity index (χ4n) is 4.20. The van der Waals surface area contributed by atoms with Gasteiger partial charge in [0.05, 0.1) is 0 Å². The van der Waals surface area contributed by atoms with Crippen LogP contribution in [0.3, 0.4) is 0 Å². The number of unbranched alkanes of at least 4 members (excludes halogenated alkanes) is 4. The van der Waals surface area contributed by atoms with Crippen LogP contribution in [0, 0.1) is 5.92 Å². The minimum atomic E-state index is 1.25. The van der Waals surface area contributed by atoms with Gasteiger partial charge < -0.3 is 0 Å². The van der Waals surface area contributed by atoms with Crippen molar-refractivity contribution < 1.29 is 0 Å². The molecule has 0 saturated carbocycles. The van der Waals surface area contributed by atoms with E-state index in [-0.39, 0.29) is 0 Å². The van der Waals surface area contributed by atoms with Gasteiger partial charge in [0.2, 0.25) is 0 Å². The van der Waals surface area contributed by atoms with Crippen LogP contribution in [0.5, 0.6) is 0 Å². The summed E-state index contributed by atoms with van der Waals surface area (Å²) in [5.41, 5.74) is 8.33. The number of allylic oxidation sites excluding steroid dienone is 2. The van der Waals surface area contributed by atoms with Gasteiger partial charge in [0.15, 0.2) is 0 Å². The van der Waals surface area contributed by atoms with E-state index in [4.69, 9.17) is 0 Å². The average molecular weight is 340 g/mol. The average Bonchev–Trinajstić information content (AvgIpc) is 2.94. The van der Waals surface area contributed by atoms with Crippen molar-refractivity contribution in [2.45, 2.75) is 105 Å². The van der Waals surface area contributed by atoms with E-state index >= 15 is 0 Å². The smallest absolute Gasteiger partial charge is 0.0308 e. The minimum Gasteiger partial charge on any atom is -0.0654 e. The summed E-state index contributed by atoms with van der Waals surface area (Å²) in [5.74, 6) is 1.70. The second kappa shape index (κ2) is 10.8. The van der Waals surface area contributed by atoms with E-state index in [2.05, 4.69) is 45.9 Å². The Bertz CT molecular complexity index is 549. The van der Waals surface area contributed by atoms with Gasteiger partial charge in [-0.1, -0.05) is 83.6 Å². The van der Waals surface area contributed by atoms with Gasteiger partial charge >= 0.3 is 0 Å². The highest BCUT2D eigenvalue weighted by atomic mass is 14.3. The van der Waals surface area contributed by atoms with Gasteiger partial charge in [0.25, 0.3) is 0 Å². The summed E-state index contributed by atoms with van der Waals surface area (Å²) in [6.07, 6.45) is 15.5. The third-order valence-electron chi connectivity index (χ3n) is 5.65. The first-order valence-electron chi connectivity index (χ1n) is 11.0. The molecule has 0 unspecified atom stereocenters. The van der Waals surface area contributed by atoms with Crippen molar-refractivity contribution in [1.82, 2.24) is 0 Å². The van der Waals surface area contributed by atoms with Crippen LogP contribution in [0.25, 0.3) is 5.57 Å². The lowest BCUT2D eigenvalue weighted by molar-refractivity contribution is 0.718. The summed E-state index contributed by atoms with van der Waals surface area (Å²) in [7, 11) is 0. The third kappa shape index (κ3) is 4.99. The van der Waals surface area contributed by atoms with Gasteiger partial charge in [-0.25, -0.2) is 0 Å². The summed E-state index contributed by atoms with van der Waals surface area (Å²) in [5, 5.41) is 0. The summed E-state index contributed by atoms with van der Waals surface area (Å²) < 4.78 is 0. The quantitative estimate of drug-likeness (QED) is 0.359. The van der Waals surface area contributed by atoms with E-state index in [1.54, 1.807) is 33.8 Å². The lowest BCUT2D eigenvalue weighted by atomic mass is 9.87. The Morgan fingerprint density at radius 2 is 1.16 bits per heavy atom. The van der Waals surface area contributed by atoms with Crippen molar-refractivity contribution >= 4 is 5.57 Å². The fourth-order valence-corrected chi connectivity index (χ4v) is 4.20. The Kier molecular flexibility index (Phi) is 8.79. The molecule has 1 aliphatic carbocycles. The lowest BCUT2D eigenvalue weighted by Gasteiger charge is -2.16. The van der Waals surface area contributed by atoms with Crippen LogP contribution in [0.4, 0.5) is 0 Å². The largest absolute Gasteiger partial charge is 0.0654 e. The Labute approximate surface area is 157 Å². The maximum atomic E-state index is 2.42. The number of fused-ring (bicyclic) bond motifs is 1. The zero-order valence-corrected chi connectivity index (χ0v) is 17.2. The van der Waals surface area contributed by atoms with Gasteiger partial charge in [-0.15, -0.1) is 0 Å². The van der Waals surface area contributed by atoms with Crippen molar-refractivity contribution in [2.75, 3.05) is 0 Å². The van der Waals surface area contributed by atoms with Crippen molar-refractivity contribution in [2.24, 2.45) is 0 Å². The number of benzene rings is 1. The van der Waals surface area contributed by atoms with E-state index in [0.717, 1.165) is 0 Å². The highest BCUT2D eigenvalue weighted by Gasteiger charge is 2.31. The molecule has 0 fully saturated rings. The first-order valence-corrected chi connectivity index (χ1v) is 11.0. The first-order chi connectivity index (χ1) is 12.3. The SMILES string of the molecule is CCCC[C]1C(CCCC)=C(CCCC)c2c(CCCC)cccc21. The molecule has 0 N–H and O–H groups in total. The van der Waals surface area contributed by atoms with Crippen molar-refractivity contribution in [1.29, 1.82) is 0 Å². The van der Waals surface area contributed by atoms with Crippen LogP contribution in [-0.2, 0) is 6.42 Å². The molecule has 0 spiro atoms. The second-order valence-electron chi connectivity index (χ2n) is 7.69. The van der Waals surface area contributed by atoms with E-state index in [1.807, 2.05) is 0 Å². The monoisotopic (exact) mass is 339 g/mol. The molecule has 0 heteroatoms. The molecule has 0 saturated heterocycles. The van der Waals surface area contributed by atoms with E-state index in [1.165, 1.54) is 77.0 Å². The molecule has 2 rings (SSSR count). The number of rotatable bonds is 12. The third-order valence-corrected chi connectivity index (χ3v) is 5.65. The molecule has 0 aliphatic heterocycles. The molecule has 0 nitrogen and oxygen atoms in total. The first kappa shape index (κ1) is 20.3. The predicted molar refractivity (Wildman–Crippen MR) is 113 cm³/mol. The Hall–Kier alpha value is -1.04. The molecule has 0 heterocycles. The maximum absolute atomic E-state index is 2.42. The number of aryl methyl sites for hydroxylation is 1. The van der Waals surface area contributed by atoms with Crippen LogP contribution in [0.2, 0.25) is 0 Å². The summed E-state index contributed by atoms with van der Waals surface area (Å²) in [6, 6.07) is 7.14. The second-order valence-corrected chi connectivity index (χ2v) is 7.69. The molecular formula is C25H39. The van der Waals surface area contributed by atoms with Crippen LogP contribution in [0.15, 0.2) is 23.8 Å². The van der Waals surface area contributed by atoms with E-state index in [0.29, 0.717) is 0 Å². The predicted octanol–water partition coefficient (Wildman–Crippen LogP) is 8.29. The summed E-state index contributed by atoms with van der Waals surface area (Å²) >= 11 is 0. The van der Waals surface area contributed by atoms with Crippen LogP contribution in [-0.4, -0.2) is 0 Å². The number of hydrogen-bond donors (Lipinski definition) is 0. The van der Waals surface area contributed by atoms with Crippen LogP contribution < -0.4 is 0 Å². The minimum absolute atomic E-state index is 1.25. The standard InChI is InChI=1S/C25H39/c1-5-9-14-20-15-13-19-24-22(17-11-7-3)21(16-10-6-2)23(25(20)24)18-12-8-4/h13,15,19H,5-12,14,16-18H2,1-4H3. The van der Waals surface area contributed by atoms with Crippen LogP contribution in [0.1, 0.15) is 115 Å². The van der Waals surface area contributed by atoms with Crippen molar-refractivity contribution in [3.8, 4) is 0 Å². The van der Waals surface area contributed by atoms with Crippen molar-refractivity contribution in [3.05, 3.63) is 46.4 Å². The normalized spacial score (nSPS) is 14.4. The van der Waals surface area contributed by atoms with E-state index < -0.39 is 0 Å². The Morgan fingerprint density at radius 3 is 1.80 bits per heavy atom. The van der Waals surface area contributed by atoms with Gasteiger partial charge in [-0.3, -0.25) is 0 Å². The zero-order chi connectivity index (χ0) is 18.1. The molecule has 1 radical (unpaired) electrons. The highest BCUT2D eigenvalue weighted by Crippen LogP contribution is 2.49. The lowest BCUT2D eigenvalue weighted by Crippen LogP contribution is -2.01. The van der Waals surface area contributed by atoms with Gasteiger partial charge in [0, 0.05) is 5.92 Å². The zero-order valence-electron chi connectivity index (χ0n) is 17.2. The topological polar surface area (TPSA) is 0 Å². The molecule has 1 aromatic rings. The molecule has 0 atom stereocenters. The van der Waals surface area contributed by atoms with Gasteiger partial charge in [0.1, 0.15) is 0 Å². The molecule has 0 bridgehead atoms. The molecule has 0 amide bonds. The van der Waals surface area contributed by atoms with E-state index in [9.17, 15) is 0 Å². The molecule has 1 aliphatic rings. The molecule has 139 valence electrons. The summed E-state index contributed by atoms with van der Waals surface area (Å²) in [4.78, 5) is 0. The Balaban J connectivity index is 2.45. The number of hydrogen-bond acceptors (Lipinski definition) is 0. The van der Waals surface area contributed by atoms with Crippen molar-refractivity contribution in [3.63, 3.8) is 0 Å². The molecule has 0 aromatic heterocycles. The maximum Gasteiger partial charge on any atom is 0.0308 e. The molecular weight excluding hydrogens is 300 g/mol. The Morgan fingerprint density at radius 1 is 0.600 bits per heavy atom. The van der Waals surface area contributed by atoms with Crippen LogP contribution >= 0.6 is 0 Å². The molecule has 1 aromatic carbocycles. The van der Waals surface area contributed by atoms with Gasteiger partial charge in [-0.2, -0.15) is 0 Å². The highest BCUT2D eigenvalue weighted by molar-refractivity contribution is 5.85.